The highest BCUT2D eigenvalue weighted by Gasteiger charge is 2.14. The minimum Gasteiger partial charge on any atom is -0.381 e. The Hall–Kier alpha value is -0.770. The molecule has 2 amide bonds. The van der Waals surface area contributed by atoms with E-state index < -0.39 is 0 Å². The van der Waals surface area contributed by atoms with E-state index in [0.29, 0.717) is 5.92 Å². The highest BCUT2D eigenvalue weighted by molar-refractivity contribution is 5.73. The van der Waals surface area contributed by atoms with Gasteiger partial charge in [0.1, 0.15) is 0 Å². The van der Waals surface area contributed by atoms with E-state index in [1.54, 1.807) is 19.0 Å². The molecule has 0 aliphatic carbocycles. The first-order chi connectivity index (χ1) is 6.20. The first-order valence-corrected chi connectivity index (χ1v) is 4.73. The van der Waals surface area contributed by atoms with E-state index in [9.17, 15) is 4.79 Å². The average Bonchev–Trinajstić information content (AvgIpc) is 2.15. The van der Waals surface area contributed by atoms with Gasteiger partial charge in [-0.1, -0.05) is 0 Å². The van der Waals surface area contributed by atoms with Crippen molar-refractivity contribution in [2.75, 3.05) is 33.9 Å². The van der Waals surface area contributed by atoms with Crippen LogP contribution in [0.3, 0.4) is 0 Å². The lowest BCUT2D eigenvalue weighted by Crippen LogP contribution is -2.38. The smallest absolute Gasteiger partial charge is 0.316 e. The fourth-order valence-corrected chi connectivity index (χ4v) is 1.34. The molecule has 1 saturated heterocycles. The van der Waals surface area contributed by atoms with Gasteiger partial charge in [-0.3, -0.25) is 0 Å². The largest absolute Gasteiger partial charge is 0.381 e. The second-order valence-electron chi connectivity index (χ2n) is 3.64. The van der Waals surface area contributed by atoms with Crippen molar-refractivity contribution < 1.29 is 9.53 Å². The van der Waals surface area contributed by atoms with Crippen LogP contribution in [0.2, 0.25) is 0 Å². The first kappa shape index (κ1) is 10.3. The third-order valence-corrected chi connectivity index (χ3v) is 2.29. The molecule has 0 radical (unpaired) electrons. The number of nitrogens with one attached hydrogen (secondary N) is 1. The Kier molecular flexibility index (Phi) is 4.02. The summed E-state index contributed by atoms with van der Waals surface area (Å²) in [6.07, 6.45) is 2.13. The lowest BCUT2D eigenvalue weighted by molar-refractivity contribution is 0.0666. The first-order valence-electron chi connectivity index (χ1n) is 4.73. The summed E-state index contributed by atoms with van der Waals surface area (Å²) < 4.78 is 5.23. The summed E-state index contributed by atoms with van der Waals surface area (Å²) >= 11 is 0. The van der Waals surface area contributed by atoms with Crippen LogP contribution >= 0.6 is 0 Å². The maximum atomic E-state index is 11.2. The van der Waals surface area contributed by atoms with Crippen molar-refractivity contribution in [2.24, 2.45) is 5.92 Å². The Bertz CT molecular complexity index is 165. The number of amides is 2. The van der Waals surface area contributed by atoms with Crippen LogP contribution in [0.5, 0.6) is 0 Å². The minimum atomic E-state index is -0.00788. The SMILES string of the molecule is CN(C)C(=O)NCC1CCOCC1. The normalized spacial score (nSPS) is 18.3. The summed E-state index contributed by atoms with van der Waals surface area (Å²) in [4.78, 5) is 12.7. The molecule has 13 heavy (non-hydrogen) atoms. The molecule has 0 unspecified atom stereocenters. The molecular formula is C9H18N2O2. The summed E-state index contributed by atoms with van der Waals surface area (Å²) in [6, 6.07) is -0.00788. The second-order valence-corrected chi connectivity index (χ2v) is 3.64. The third-order valence-electron chi connectivity index (χ3n) is 2.29. The van der Waals surface area contributed by atoms with E-state index in [1.807, 2.05) is 0 Å². The van der Waals surface area contributed by atoms with Crippen LogP contribution in [0.1, 0.15) is 12.8 Å². The molecule has 1 fully saturated rings. The minimum absolute atomic E-state index is 0.00788. The number of rotatable bonds is 2. The van der Waals surface area contributed by atoms with E-state index in [4.69, 9.17) is 4.74 Å². The second kappa shape index (κ2) is 5.07. The summed E-state index contributed by atoms with van der Waals surface area (Å²) in [5, 5.41) is 2.88. The van der Waals surface area contributed by atoms with Crippen molar-refractivity contribution in [3.8, 4) is 0 Å². The zero-order valence-corrected chi connectivity index (χ0v) is 8.38. The molecule has 0 atom stereocenters. The van der Waals surface area contributed by atoms with Crippen LogP contribution in [0.25, 0.3) is 0 Å². The molecule has 4 nitrogen and oxygen atoms in total. The zero-order chi connectivity index (χ0) is 9.68. The van der Waals surface area contributed by atoms with Gasteiger partial charge in [0.15, 0.2) is 0 Å². The van der Waals surface area contributed by atoms with E-state index >= 15 is 0 Å². The Morgan fingerprint density at radius 3 is 2.62 bits per heavy atom. The third kappa shape index (κ3) is 3.63. The Balaban J connectivity index is 2.13. The molecule has 0 spiro atoms. The van der Waals surface area contributed by atoms with E-state index in [2.05, 4.69) is 5.32 Å². The fourth-order valence-electron chi connectivity index (χ4n) is 1.34. The van der Waals surface area contributed by atoms with Crippen LogP contribution in [0.15, 0.2) is 0 Å². The molecule has 0 bridgehead atoms. The molecule has 1 heterocycles. The number of carbonyl (C=O) groups excluding carboxylic acids is 1. The van der Waals surface area contributed by atoms with Gasteiger partial charge in [-0.25, -0.2) is 4.79 Å². The number of ether oxygens (including phenoxy) is 1. The van der Waals surface area contributed by atoms with Crippen molar-refractivity contribution in [3.05, 3.63) is 0 Å². The summed E-state index contributed by atoms with van der Waals surface area (Å²) in [5.41, 5.74) is 0. The maximum Gasteiger partial charge on any atom is 0.316 e. The molecule has 76 valence electrons. The summed E-state index contributed by atoms with van der Waals surface area (Å²) in [5.74, 6) is 0.595. The van der Waals surface area contributed by atoms with E-state index in [0.717, 1.165) is 32.6 Å². The highest BCUT2D eigenvalue weighted by Crippen LogP contribution is 2.12. The highest BCUT2D eigenvalue weighted by atomic mass is 16.5. The molecule has 1 aliphatic heterocycles. The van der Waals surface area contributed by atoms with Gasteiger partial charge in [0, 0.05) is 33.9 Å². The molecule has 0 aromatic carbocycles. The van der Waals surface area contributed by atoms with Gasteiger partial charge < -0.3 is 15.0 Å². The van der Waals surface area contributed by atoms with Gasteiger partial charge in [-0.05, 0) is 18.8 Å². The van der Waals surface area contributed by atoms with Gasteiger partial charge in [-0.2, -0.15) is 0 Å². The van der Waals surface area contributed by atoms with E-state index in [1.165, 1.54) is 0 Å². The molecule has 0 saturated carbocycles. The molecule has 4 heteroatoms. The average molecular weight is 186 g/mol. The molecule has 1 aliphatic rings. The summed E-state index contributed by atoms with van der Waals surface area (Å²) in [6.45, 7) is 2.45. The van der Waals surface area contributed by atoms with Crippen LogP contribution < -0.4 is 5.32 Å². The van der Waals surface area contributed by atoms with Crippen molar-refractivity contribution >= 4 is 6.03 Å². The van der Waals surface area contributed by atoms with Crippen molar-refractivity contribution in [3.63, 3.8) is 0 Å². The van der Waals surface area contributed by atoms with Crippen molar-refractivity contribution in [2.45, 2.75) is 12.8 Å². The summed E-state index contributed by atoms with van der Waals surface area (Å²) in [7, 11) is 3.50. The fraction of sp³-hybridized carbons (Fsp3) is 0.889. The van der Waals surface area contributed by atoms with Gasteiger partial charge in [-0.15, -0.1) is 0 Å². The van der Waals surface area contributed by atoms with Gasteiger partial charge in [0.05, 0.1) is 0 Å². The van der Waals surface area contributed by atoms with Crippen LogP contribution in [-0.2, 0) is 4.74 Å². The predicted molar refractivity (Wildman–Crippen MR) is 50.6 cm³/mol. The monoisotopic (exact) mass is 186 g/mol. The number of carbonyl (C=O) groups is 1. The molecule has 1 N–H and O–H groups in total. The topological polar surface area (TPSA) is 41.6 Å². The zero-order valence-electron chi connectivity index (χ0n) is 8.38. The Morgan fingerprint density at radius 2 is 2.08 bits per heavy atom. The predicted octanol–water partition coefficient (Wildman–Crippen LogP) is 0.684. The van der Waals surface area contributed by atoms with E-state index in [-0.39, 0.29) is 6.03 Å². The van der Waals surface area contributed by atoms with Crippen molar-refractivity contribution in [1.82, 2.24) is 10.2 Å². The lowest BCUT2D eigenvalue weighted by Gasteiger charge is -2.23. The van der Waals surface area contributed by atoms with Gasteiger partial charge in [0.25, 0.3) is 0 Å². The quantitative estimate of drug-likeness (QED) is 0.689. The Morgan fingerprint density at radius 1 is 1.46 bits per heavy atom. The standard InChI is InChI=1S/C9H18N2O2/c1-11(2)9(12)10-7-8-3-5-13-6-4-8/h8H,3-7H2,1-2H3,(H,10,12). The molecule has 1 rings (SSSR count). The number of hydrogen-bond acceptors (Lipinski definition) is 2. The number of urea groups is 1. The van der Waals surface area contributed by atoms with Crippen molar-refractivity contribution in [1.29, 1.82) is 0 Å². The van der Waals surface area contributed by atoms with Gasteiger partial charge in [0.2, 0.25) is 0 Å². The molecule has 0 aromatic rings. The maximum absolute atomic E-state index is 11.2. The number of hydrogen-bond donors (Lipinski definition) is 1. The van der Waals surface area contributed by atoms with Crippen LogP contribution in [-0.4, -0.2) is 44.8 Å². The van der Waals surface area contributed by atoms with Gasteiger partial charge >= 0.3 is 6.03 Å². The number of nitrogens with zero attached hydrogens (tertiary/aromatic N) is 1. The molecular weight excluding hydrogens is 168 g/mol. The lowest BCUT2D eigenvalue weighted by atomic mass is 10.0. The Labute approximate surface area is 79.2 Å². The molecule has 0 aromatic heterocycles. The van der Waals surface area contributed by atoms with Crippen LogP contribution in [0.4, 0.5) is 4.79 Å². The van der Waals surface area contributed by atoms with Crippen LogP contribution in [0, 0.1) is 5.92 Å².